The lowest BCUT2D eigenvalue weighted by Crippen LogP contribution is -1.79. The zero-order valence-electron chi connectivity index (χ0n) is 18.8. The van der Waals surface area contributed by atoms with Gasteiger partial charge in [0.25, 0.3) is 0 Å². The molecule has 0 aromatic heterocycles. The maximum absolute atomic E-state index is 3.71. The predicted molar refractivity (Wildman–Crippen MR) is 150 cm³/mol. The molecule has 0 unspecified atom stereocenters. The molecule has 3 aromatic carbocycles. The van der Waals surface area contributed by atoms with Crippen molar-refractivity contribution in [3.63, 3.8) is 0 Å². The van der Waals surface area contributed by atoms with Crippen molar-refractivity contribution < 1.29 is 0 Å². The van der Waals surface area contributed by atoms with Crippen molar-refractivity contribution in [1.82, 2.24) is 0 Å². The van der Waals surface area contributed by atoms with Crippen molar-refractivity contribution in [3.8, 4) is 0 Å². The van der Waals surface area contributed by atoms with Gasteiger partial charge in [0.1, 0.15) is 0 Å². The molecular weight excluding hydrogens is 384 g/mol. The molecule has 0 saturated heterocycles. The summed E-state index contributed by atoms with van der Waals surface area (Å²) < 4.78 is 0. The number of hydrogen-bond donors (Lipinski definition) is 0. The van der Waals surface area contributed by atoms with Crippen LogP contribution in [0.15, 0.2) is 113 Å². The Bertz CT molecular complexity index is 960. The number of benzene rings is 3. The molecule has 0 heteroatoms. The van der Waals surface area contributed by atoms with E-state index < -0.39 is 0 Å². The second-order valence-electron chi connectivity index (χ2n) is 6.70. The van der Waals surface area contributed by atoms with Gasteiger partial charge in [-0.25, -0.2) is 0 Å². The fraction of sp³-hybridized carbons (Fsp3) is 0. The molecule has 0 heterocycles. The fourth-order valence-electron chi connectivity index (χ4n) is 2.64. The lowest BCUT2D eigenvalue weighted by molar-refractivity contribution is 1.59. The highest BCUT2D eigenvalue weighted by atomic mass is 14.0. The smallest absolute Gasteiger partial charge is 0.0251 e. The molecule has 0 radical (unpaired) electrons. The van der Waals surface area contributed by atoms with E-state index in [0.29, 0.717) is 0 Å². The van der Waals surface area contributed by atoms with Crippen LogP contribution in [0.5, 0.6) is 0 Å². The first-order valence-corrected chi connectivity index (χ1v) is 10.3. The molecule has 0 bridgehead atoms. The van der Waals surface area contributed by atoms with Crippen LogP contribution < -0.4 is 0 Å². The predicted octanol–water partition coefficient (Wildman–Crippen LogP) is 9.56. The van der Waals surface area contributed by atoms with E-state index >= 15 is 0 Å². The number of rotatable bonds is 7. The minimum atomic E-state index is 1.10. The molecule has 0 amide bonds. The van der Waals surface area contributed by atoms with Gasteiger partial charge in [0.15, 0.2) is 0 Å². The molecule has 160 valence electrons. The van der Waals surface area contributed by atoms with Crippen molar-refractivity contribution in [2.45, 2.75) is 0 Å². The van der Waals surface area contributed by atoms with Crippen LogP contribution in [-0.4, -0.2) is 0 Å². The van der Waals surface area contributed by atoms with Gasteiger partial charge >= 0.3 is 0 Å². The SMILES string of the molecule is C=Cc1cc(C=C)cc(C=C)c1.C=Cc1ccc(C=C)cc1.C=Cc1cccc(C=C)c1. The Kier molecular flexibility index (Phi) is 11.9. The lowest BCUT2D eigenvalue weighted by Gasteiger charge is -1.99. The normalized spacial score (nSPS) is 8.88. The average molecular weight is 417 g/mol. The summed E-state index contributed by atoms with van der Waals surface area (Å²) in [7, 11) is 0. The van der Waals surface area contributed by atoms with Crippen molar-refractivity contribution in [3.05, 3.63) is 152 Å². The fourth-order valence-corrected chi connectivity index (χ4v) is 2.64. The first-order chi connectivity index (χ1) is 15.5. The van der Waals surface area contributed by atoms with E-state index in [1.54, 1.807) is 0 Å². The van der Waals surface area contributed by atoms with E-state index in [0.717, 1.165) is 38.9 Å². The van der Waals surface area contributed by atoms with Crippen LogP contribution in [0.2, 0.25) is 0 Å². The van der Waals surface area contributed by atoms with Crippen molar-refractivity contribution in [2.75, 3.05) is 0 Å². The van der Waals surface area contributed by atoms with E-state index in [-0.39, 0.29) is 0 Å². The van der Waals surface area contributed by atoms with E-state index in [1.807, 2.05) is 109 Å². The van der Waals surface area contributed by atoms with Gasteiger partial charge in [0, 0.05) is 0 Å². The van der Waals surface area contributed by atoms with Crippen LogP contribution in [0.4, 0.5) is 0 Å². The maximum Gasteiger partial charge on any atom is -0.0251 e. The maximum atomic E-state index is 3.71. The summed E-state index contributed by atoms with van der Waals surface area (Å²) >= 11 is 0. The standard InChI is InChI=1S/C12H12.2C10H10/c1-4-10-7-11(5-2)9-12(6-3)8-10;1-3-9-5-7-10(4-2)8-6-9;1-3-9-6-5-7-10(4-2)8-9/h4-9H,1-3H2;2*3-8H,1-2H2. The third-order valence-corrected chi connectivity index (χ3v) is 4.50. The minimum absolute atomic E-state index is 1.10. The van der Waals surface area contributed by atoms with Gasteiger partial charge in [-0.3, -0.25) is 0 Å². The molecular formula is C32H32. The van der Waals surface area contributed by atoms with E-state index in [4.69, 9.17) is 0 Å². The molecule has 3 rings (SSSR count). The van der Waals surface area contributed by atoms with Gasteiger partial charge in [-0.2, -0.15) is 0 Å². The van der Waals surface area contributed by atoms with Gasteiger partial charge < -0.3 is 0 Å². The summed E-state index contributed by atoms with van der Waals surface area (Å²) in [6.45, 7) is 25.8. The summed E-state index contributed by atoms with van der Waals surface area (Å²) in [5.74, 6) is 0. The number of hydrogen-bond acceptors (Lipinski definition) is 0. The zero-order valence-corrected chi connectivity index (χ0v) is 18.8. The topological polar surface area (TPSA) is 0 Å². The van der Waals surface area contributed by atoms with E-state index in [2.05, 4.69) is 46.1 Å². The Morgan fingerprint density at radius 3 is 0.812 bits per heavy atom. The quantitative estimate of drug-likeness (QED) is 0.359. The van der Waals surface area contributed by atoms with Gasteiger partial charge in [-0.1, -0.05) is 131 Å². The summed E-state index contributed by atoms with van der Waals surface area (Å²) in [4.78, 5) is 0. The molecule has 0 saturated carbocycles. The molecule has 0 aliphatic heterocycles. The highest BCUT2D eigenvalue weighted by Crippen LogP contribution is 2.13. The van der Waals surface area contributed by atoms with Crippen molar-refractivity contribution in [1.29, 1.82) is 0 Å². The Balaban J connectivity index is 0.000000241. The van der Waals surface area contributed by atoms with Crippen LogP contribution >= 0.6 is 0 Å². The van der Waals surface area contributed by atoms with Gasteiger partial charge in [0.2, 0.25) is 0 Å². The summed E-state index contributed by atoms with van der Waals surface area (Å²) in [5, 5.41) is 0. The molecule has 0 fully saturated rings. The summed E-state index contributed by atoms with van der Waals surface area (Å²) in [5.41, 5.74) is 7.86. The van der Waals surface area contributed by atoms with Gasteiger partial charge in [-0.15, -0.1) is 0 Å². The Morgan fingerprint density at radius 2 is 0.562 bits per heavy atom. The van der Waals surface area contributed by atoms with Crippen LogP contribution in [0, 0.1) is 0 Å². The molecule has 0 atom stereocenters. The Morgan fingerprint density at radius 1 is 0.312 bits per heavy atom. The van der Waals surface area contributed by atoms with E-state index in [9.17, 15) is 0 Å². The molecule has 0 aliphatic carbocycles. The molecule has 0 nitrogen and oxygen atoms in total. The van der Waals surface area contributed by atoms with Crippen molar-refractivity contribution in [2.24, 2.45) is 0 Å². The first-order valence-electron chi connectivity index (χ1n) is 10.3. The third kappa shape index (κ3) is 9.11. The minimum Gasteiger partial charge on any atom is -0.0985 e. The second kappa shape index (κ2) is 14.8. The van der Waals surface area contributed by atoms with Crippen LogP contribution in [-0.2, 0) is 0 Å². The summed E-state index contributed by atoms with van der Waals surface area (Å²) in [6, 6.07) is 22.2. The van der Waals surface area contributed by atoms with Gasteiger partial charge in [-0.05, 0) is 63.2 Å². The second-order valence-corrected chi connectivity index (χ2v) is 6.70. The van der Waals surface area contributed by atoms with E-state index in [1.165, 1.54) is 0 Å². The molecule has 0 aliphatic rings. The lowest BCUT2D eigenvalue weighted by atomic mass is 10.1. The Labute approximate surface area is 194 Å². The van der Waals surface area contributed by atoms with Crippen LogP contribution in [0.25, 0.3) is 42.5 Å². The van der Waals surface area contributed by atoms with Crippen LogP contribution in [0.3, 0.4) is 0 Å². The van der Waals surface area contributed by atoms with Crippen molar-refractivity contribution >= 4 is 42.5 Å². The first kappa shape index (κ1) is 25.9. The van der Waals surface area contributed by atoms with Crippen LogP contribution in [0.1, 0.15) is 38.9 Å². The highest BCUT2D eigenvalue weighted by Gasteiger charge is 1.92. The highest BCUT2D eigenvalue weighted by molar-refractivity contribution is 5.63. The monoisotopic (exact) mass is 416 g/mol. The molecule has 0 N–H and O–H groups in total. The Hall–Kier alpha value is -4.16. The third-order valence-electron chi connectivity index (χ3n) is 4.50. The van der Waals surface area contributed by atoms with Gasteiger partial charge in [0.05, 0.1) is 0 Å². The largest absolute Gasteiger partial charge is 0.0985 e. The molecule has 0 spiro atoms. The summed E-state index contributed by atoms with van der Waals surface area (Å²) in [6.07, 6.45) is 12.8. The molecule has 32 heavy (non-hydrogen) atoms. The average Bonchev–Trinajstić information content (AvgIpc) is 2.88. The molecule has 3 aromatic rings. The zero-order chi connectivity index (χ0) is 23.8.